The van der Waals surface area contributed by atoms with E-state index in [0.717, 1.165) is 5.56 Å². The highest BCUT2D eigenvalue weighted by Gasteiger charge is 2.13. The van der Waals surface area contributed by atoms with E-state index in [0.29, 0.717) is 34.9 Å². The Morgan fingerprint density at radius 2 is 2.16 bits per heavy atom. The van der Waals surface area contributed by atoms with Gasteiger partial charge in [-0.2, -0.15) is 0 Å². The van der Waals surface area contributed by atoms with Crippen molar-refractivity contribution in [3.8, 4) is 0 Å². The van der Waals surface area contributed by atoms with Crippen molar-refractivity contribution in [1.29, 1.82) is 0 Å². The summed E-state index contributed by atoms with van der Waals surface area (Å²) in [7, 11) is 0. The van der Waals surface area contributed by atoms with Gasteiger partial charge < -0.3 is 15.5 Å². The van der Waals surface area contributed by atoms with Crippen LogP contribution in [0.2, 0.25) is 10.0 Å². The van der Waals surface area contributed by atoms with Crippen LogP contribution in [0.15, 0.2) is 22.6 Å². The molecule has 1 atom stereocenters. The van der Waals surface area contributed by atoms with Gasteiger partial charge in [-0.3, -0.25) is 0 Å². The molecule has 1 heterocycles. The molecular formula is C12H14Cl2N4O. The minimum atomic E-state index is -0.0732. The normalized spacial score (nSPS) is 12.4. The van der Waals surface area contributed by atoms with E-state index >= 15 is 0 Å². The minimum Gasteiger partial charge on any atom is -0.408 e. The lowest BCUT2D eigenvalue weighted by Crippen LogP contribution is -2.07. The van der Waals surface area contributed by atoms with Crippen LogP contribution in [0.25, 0.3) is 0 Å². The molecule has 3 N–H and O–H groups in total. The van der Waals surface area contributed by atoms with E-state index < -0.39 is 0 Å². The smallest absolute Gasteiger partial charge is 0.315 e. The van der Waals surface area contributed by atoms with Gasteiger partial charge in [-0.05, 0) is 24.6 Å². The maximum absolute atomic E-state index is 6.14. The van der Waals surface area contributed by atoms with Crippen LogP contribution in [0.5, 0.6) is 0 Å². The van der Waals surface area contributed by atoms with Gasteiger partial charge in [-0.1, -0.05) is 34.4 Å². The summed E-state index contributed by atoms with van der Waals surface area (Å²) in [6, 6.07) is 5.62. The molecule has 0 aliphatic carbocycles. The van der Waals surface area contributed by atoms with E-state index in [1.807, 2.05) is 13.0 Å². The van der Waals surface area contributed by atoms with E-state index in [4.69, 9.17) is 33.4 Å². The average molecular weight is 301 g/mol. The third-order valence-electron chi connectivity index (χ3n) is 2.59. The largest absolute Gasteiger partial charge is 0.408 e. The van der Waals surface area contributed by atoms with Gasteiger partial charge in [0, 0.05) is 23.0 Å². The van der Waals surface area contributed by atoms with Crippen molar-refractivity contribution < 1.29 is 4.42 Å². The van der Waals surface area contributed by atoms with Crippen molar-refractivity contribution in [2.75, 3.05) is 11.9 Å². The van der Waals surface area contributed by atoms with Gasteiger partial charge in [-0.25, -0.2) is 0 Å². The van der Waals surface area contributed by atoms with Gasteiger partial charge in [0.1, 0.15) is 0 Å². The summed E-state index contributed by atoms with van der Waals surface area (Å²) in [5.41, 5.74) is 6.33. The highest BCUT2D eigenvalue weighted by Crippen LogP contribution is 2.28. The minimum absolute atomic E-state index is 0.0732. The first-order valence-corrected chi connectivity index (χ1v) is 6.59. The van der Waals surface area contributed by atoms with E-state index in [2.05, 4.69) is 15.5 Å². The number of hydrogen-bond donors (Lipinski definition) is 2. The lowest BCUT2D eigenvalue weighted by Gasteiger charge is -2.13. The highest BCUT2D eigenvalue weighted by molar-refractivity contribution is 6.35. The number of benzene rings is 1. The second-order valence-electron chi connectivity index (χ2n) is 4.07. The molecule has 5 nitrogen and oxygen atoms in total. The summed E-state index contributed by atoms with van der Waals surface area (Å²) in [4.78, 5) is 0. The monoisotopic (exact) mass is 300 g/mol. The first-order valence-electron chi connectivity index (χ1n) is 5.84. The third-order valence-corrected chi connectivity index (χ3v) is 3.16. The number of rotatable bonds is 5. The molecule has 0 aliphatic heterocycles. The summed E-state index contributed by atoms with van der Waals surface area (Å²) in [6.07, 6.45) is 0.560. The quantitative estimate of drug-likeness (QED) is 0.887. The Morgan fingerprint density at radius 1 is 1.37 bits per heavy atom. The van der Waals surface area contributed by atoms with Gasteiger partial charge in [0.2, 0.25) is 5.89 Å². The maximum atomic E-state index is 6.14. The van der Waals surface area contributed by atoms with Crippen LogP contribution in [-0.2, 0) is 6.42 Å². The summed E-state index contributed by atoms with van der Waals surface area (Å²) in [5, 5.41) is 12.1. The topological polar surface area (TPSA) is 77.0 Å². The SMILES string of the molecule is CC(Nc1nnc(CCN)o1)c1ccc(Cl)cc1Cl. The van der Waals surface area contributed by atoms with Gasteiger partial charge in [-0.15, -0.1) is 5.10 Å². The Labute approximate surface area is 121 Å². The molecule has 0 radical (unpaired) electrons. The average Bonchev–Trinajstić information content (AvgIpc) is 2.76. The standard InChI is InChI=1S/C12H14Cl2N4O/c1-7(9-3-2-8(13)6-10(9)14)16-12-18-17-11(19-12)4-5-15/h2-3,6-7H,4-5,15H2,1H3,(H,16,18). The predicted octanol–water partition coefficient (Wildman–Crippen LogP) is 3.05. The molecule has 0 fully saturated rings. The zero-order chi connectivity index (χ0) is 13.8. The predicted molar refractivity (Wildman–Crippen MR) is 75.6 cm³/mol. The fourth-order valence-electron chi connectivity index (χ4n) is 1.65. The molecule has 0 spiro atoms. The van der Waals surface area contributed by atoms with Crippen molar-refractivity contribution in [2.24, 2.45) is 5.73 Å². The highest BCUT2D eigenvalue weighted by atomic mass is 35.5. The molecule has 0 bridgehead atoms. The Balaban J connectivity index is 2.09. The van der Waals surface area contributed by atoms with E-state index in [1.54, 1.807) is 12.1 Å². The Hall–Kier alpha value is -1.30. The molecule has 2 rings (SSSR count). The molecule has 1 unspecified atom stereocenters. The molecular weight excluding hydrogens is 287 g/mol. The van der Waals surface area contributed by atoms with Crippen molar-refractivity contribution in [3.05, 3.63) is 39.7 Å². The Morgan fingerprint density at radius 3 is 2.84 bits per heavy atom. The van der Waals surface area contributed by atoms with Crippen LogP contribution in [0.3, 0.4) is 0 Å². The van der Waals surface area contributed by atoms with E-state index in [1.165, 1.54) is 0 Å². The number of nitrogens with one attached hydrogen (secondary N) is 1. The summed E-state index contributed by atoms with van der Waals surface area (Å²) in [5.74, 6) is 0.513. The maximum Gasteiger partial charge on any atom is 0.315 e. The fourth-order valence-corrected chi connectivity index (χ4v) is 2.22. The molecule has 0 saturated carbocycles. The van der Waals surface area contributed by atoms with Gasteiger partial charge in [0.05, 0.1) is 6.04 Å². The number of hydrogen-bond acceptors (Lipinski definition) is 5. The second-order valence-corrected chi connectivity index (χ2v) is 4.92. The fraction of sp³-hybridized carbons (Fsp3) is 0.333. The second kappa shape index (κ2) is 6.23. The summed E-state index contributed by atoms with van der Waals surface area (Å²) < 4.78 is 5.40. The molecule has 1 aromatic heterocycles. The Bertz CT molecular complexity index is 558. The zero-order valence-electron chi connectivity index (χ0n) is 10.4. The Kier molecular flexibility index (Phi) is 4.63. The first kappa shape index (κ1) is 14.1. The molecule has 102 valence electrons. The van der Waals surface area contributed by atoms with E-state index in [-0.39, 0.29) is 6.04 Å². The number of anilines is 1. The molecule has 1 aromatic carbocycles. The van der Waals surface area contributed by atoms with Crippen molar-refractivity contribution >= 4 is 29.2 Å². The summed E-state index contributed by atoms with van der Waals surface area (Å²) in [6.45, 7) is 2.42. The molecule has 2 aromatic rings. The first-order chi connectivity index (χ1) is 9.10. The summed E-state index contributed by atoms with van der Waals surface area (Å²) >= 11 is 12.0. The number of nitrogens with two attached hydrogens (primary N) is 1. The van der Waals surface area contributed by atoms with E-state index in [9.17, 15) is 0 Å². The van der Waals surface area contributed by atoms with Gasteiger partial charge in [0.15, 0.2) is 0 Å². The van der Waals surface area contributed by atoms with Crippen LogP contribution in [0, 0.1) is 0 Å². The van der Waals surface area contributed by atoms with Gasteiger partial charge >= 0.3 is 6.01 Å². The molecule has 0 aliphatic rings. The van der Waals surface area contributed by atoms with Crippen molar-refractivity contribution in [1.82, 2.24) is 10.2 Å². The third kappa shape index (κ3) is 3.59. The van der Waals surface area contributed by atoms with Crippen molar-refractivity contribution in [2.45, 2.75) is 19.4 Å². The number of nitrogens with zero attached hydrogens (tertiary/aromatic N) is 2. The number of aromatic nitrogens is 2. The zero-order valence-corrected chi connectivity index (χ0v) is 11.9. The van der Waals surface area contributed by atoms with Crippen LogP contribution >= 0.6 is 23.2 Å². The molecule has 0 saturated heterocycles. The van der Waals surface area contributed by atoms with Crippen molar-refractivity contribution in [3.63, 3.8) is 0 Å². The van der Waals surface area contributed by atoms with Crippen LogP contribution in [0.4, 0.5) is 6.01 Å². The van der Waals surface area contributed by atoms with Crippen LogP contribution in [0.1, 0.15) is 24.4 Å². The van der Waals surface area contributed by atoms with Crippen LogP contribution < -0.4 is 11.1 Å². The van der Waals surface area contributed by atoms with Crippen LogP contribution in [-0.4, -0.2) is 16.7 Å². The van der Waals surface area contributed by atoms with Gasteiger partial charge in [0.25, 0.3) is 0 Å². The lowest BCUT2D eigenvalue weighted by molar-refractivity contribution is 0.502. The lowest BCUT2D eigenvalue weighted by atomic mass is 10.1. The molecule has 0 amide bonds. The molecule has 19 heavy (non-hydrogen) atoms. The number of halogens is 2. The molecule has 7 heteroatoms.